The second-order valence-corrected chi connectivity index (χ2v) is 6.36. The van der Waals surface area contributed by atoms with Crippen molar-refractivity contribution in [3.8, 4) is 0 Å². The van der Waals surface area contributed by atoms with Gasteiger partial charge >= 0.3 is 0 Å². The van der Waals surface area contributed by atoms with E-state index in [1.807, 2.05) is 6.26 Å². The zero-order chi connectivity index (χ0) is 14.3. The van der Waals surface area contributed by atoms with Crippen LogP contribution < -0.4 is 0 Å². The first kappa shape index (κ1) is 16.5. The predicted octanol–water partition coefficient (Wildman–Crippen LogP) is 3.62. The van der Waals surface area contributed by atoms with Crippen LogP contribution in [0, 0.1) is 0 Å². The minimum atomic E-state index is -0.136. The van der Waals surface area contributed by atoms with E-state index in [9.17, 15) is 9.59 Å². The molecule has 110 valence electrons. The van der Waals surface area contributed by atoms with Crippen LogP contribution in [0.2, 0.25) is 0 Å². The van der Waals surface area contributed by atoms with E-state index in [2.05, 4.69) is 13.8 Å². The molecule has 3 nitrogen and oxygen atoms in total. The van der Waals surface area contributed by atoms with Gasteiger partial charge in [-0.1, -0.05) is 46.0 Å². The third kappa shape index (κ3) is 4.51. The number of unbranched alkanes of at least 4 members (excludes halogenated alkanes) is 3. The lowest BCUT2D eigenvalue weighted by atomic mass is 10.0. The van der Waals surface area contributed by atoms with Gasteiger partial charge in [0, 0.05) is 12.5 Å². The maximum absolute atomic E-state index is 12.3. The van der Waals surface area contributed by atoms with Gasteiger partial charge in [-0.25, -0.2) is 0 Å². The van der Waals surface area contributed by atoms with Crippen molar-refractivity contribution in [2.75, 3.05) is 6.26 Å². The molecule has 0 bridgehead atoms. The maximum Gasteiger partial charge on any atom is 0.243 e. The summed E-state index contributed by atoms with van der Waals surface area (Å²) < 4.78 is 0. The van der Waals surface area contributed by atoms with Crippen molar-refractivity contribution in [2.45, 2.75) is 76.5 Å². The van der Waals surface area contributed by atoms with Crippen molar-refractivity contribution in [1.82, 2.24) is 4.90 Å². The first-order valence-corrected chi connectivity index (χ1v) is 8.83. The molecule has 1 rings (SSSR count). The Kier molecular flexibility index (Phi) is 7.51. The van der Waals surface area contributed by atoms with E-state index < -0.39 is 0 Å². The van der Waals surface area contributed by atoms with Crippen LogP contribution in [0.3, 0.4) is 0 Å². The van der Waals surface area contributed by atoms with Crippen LogP contribution in [0.1, 0.15) is 65.2 Å². The van der Waals surface area contributed by atoms with Gasteiger partial charge in [0.25, 0.3) is 0 Å². The van der Waals surface area contributed by atoms with Crippen LogP contribution in [-0.2, 0) is 9.59 Å². The van der Waals surface area contributed by atoms with Gasteiger partial charge in [0.2, 0.25) is 11.8 Å². The third-order valence-electron chi connectivity index (χ3n) is 3.82. The molecule has 0 N–H and O–H groups in total. The number of likely N-dealkylation sites (tertiary alicyclic amines) is 1. The topological polar surface area (TPSA) is 37.4 Å². The summed E-state index contributed by atoms with van der Waals surface area (Å²) in [5, 5.41) is -0.136. The van der Waals surface area contributed by atoms with Gasteiger partial charge in [-0.05, 0) is 19.1 Å². The predicted molar refractivity (Wildman–Crippen MR) is 81.2 cm³/mol. The summed E-state index contributed by atoms with van der Waals surface area (Å²) in [5.74, 6) is 0.0945. The molecule has 0 aliphatic carbocycles. The molecule has 1 fully saturated rings. The number of rotatable bonds is 9. The third-order valence-corrected chi connectivity index (χ3v) is 4.76. The zero-order valence-electron chi connectivity index (χ0n) is 12.5. The van der Waals surface area contributed by atoms with E-state index >= 15 is 0 Å². The summed E-state index contributed by atoms with van der Waals surface area (Å²) >= 11 is 1.51. The molecule has 0 aromatic carbocycles. The van der Waals surface area contributed by atoms with Gasteiger partial charge in [0.1, 0.15) is 0 Å². The minimum Gasteiger partial charge on any atom is -0.278 e. The van der Waals surface area contributed by atoms with Crippen LogP contribution >= 0.6 is 11.8 Å². The lowest BCUT2D eigenvalue weighted by Gasteiger charge is -2.26. The lowest BCUT2D eigenvalue weighted by molar-refractivity contribution is -0.141. The molecule has 0 aromatic heterocycles. The van der Waals surface area contributed by atoms with Crippen molar-refractivity contribution in [3.63, 3.8) is 0 Å². The Labute approximate surface area is 121 Å². The van der Waals surface area contributed by atoms with Crippen LogP contribution in [0.25, 0.3) is 0 Å². The van der Waals surface area contributed by atoms with E-state index in [0.717, 1.165) is 32.1 Å². The van der Waals surface area contributed by atoms with E-state index in [-0.39, 0.29) is 23.1 Å². The van der Waals surface area contributed by atoms with E-state index in [1.165, 1.54) is 24.6 Å². The van der Waals surface area contributed by atoms with Gasteiger partial charge < -0.3 is 0 Å². The summed E-state index contributed by atoms with van der Waals surface area (Å²) in [6.45, 7) is 4.33. The molecule has 0 spiro atoms. The normalized spacial score (nSPS) is 21.2. The Balaban J connectivity index is 2.66. The number of imide groups is 1. The second-order valence-electron chi connectivity index (χ2n) is 5.32. The molecule has 1 saturated heterocycles. The van der Waals surface area contributed by atoms with Crippen LogP contribution in [0.4, 0.5) is 0 Å². The van der Waals surface area contributed by atoms with Crippen LogP contribution in [0.15, 0.2) is 0 Å². The van der Waals surface area contributed by atoms with Gasteiger partial charge in [0.15, 0.2) is 0 Å². The monoisotopic (exact) mass is 285 g/mol. The number of carbonyl (C=O) groups excluding carboxylic acids is 2. The van der Waals surface area contributed by atoms with Gasteiger partial charge in [0.05, 0.1) is 5.25 Å². The molecule has 4 heteroatoms. The Bertz CT molecular complexity index is 307. The number of hydrogen-bond acceptors (Lipinski definition) is 3. The molecule has 1 aliphatic heterocycles. The van der Waals surface area contributed by atoms with Crippen molar-refractivity contribution in [1.29, 1.82) is 0 Å². The van der Waals surface area contributed by atoms with Crippen molar-refractivity contribution < 1.29 is 9.59 Å². The highest BCUT2D eigenvalue weighted by molar-refractivity contribution is 8.00. The SMILES string of the molecule is CCCCCC(CCCC)N1C(=O)CC(SC)C1=O. The fourth-order valence-electron chi connectivity index (χ4n) is 2.66. The molecule has 0 saturated carbocycles. The molecule has 19 heavy (non-hydrogen) atoms. The highest BCUT2D eigenvalue weighted by Gasteiger charge is 2.41. The highest BCUT2D eigenvalue weighted by Crippen LogP contribution is 2.28. The molecular weight excluding hydrogens is 258 g/mol. The lowest BCUT2D eigenvalue weighted by Crippen LogP contribution is -2.40. The number of thioether (sulfide) groups is 1. The average Bonchev–Trinajstić information content (AvgIpc) is 2.69. The maximum atomic E-state index is 12.3. The molecule has 2 amide bonds. The summed E-state index contributed by atoms with van der Waals surface area (Å²) in [7, 11) is 0. The molecule has 2 atom stereocenters. The molecular formula is C15H27NO2S. The van der Waals surface area contributed by atoms with E-state index in [4.69, 9.17) is 0 Å². The first-order valence-electron chi connectivity index (χ1n) is 7.54. The van der Waals surface area contributed by atoms with E-state index in [0.29, 0.717) is 6.42 Å². The average molecular weight is 285 g/mol. The van der Waals surface area contributed by atoms with Crippen molar-refractivity contribution in [3.05, 3.63) is 0 Å². The number of nitrogens with zero attached hydrogens (tertiary/aromatic N) is 1. The van der Waals surface area contributed by atoms with E-state index in [1.54, 1.807) is 4.90 Å². The van der Waals surface area contributed by atoms with Gasteiger partial charge in [-0.15, -0.1) is 0 Å². The Morgan fingerprint density at radius 1 is 1.16 bits per heavy atom. The summed E-state index contributed by atoms with van der Waals surface area (Å²) in [4.78, 5) is 25.9. The fraction of sp³-hybridized carbons (Fsp3) is 0.867. The number of amides is 2. The number of carbonyl (C=O) groups is 2. The fourth-order valence-corrected chi connectivity index (χ4v) is 3.29. The summed E-state index contributed by atoms with van der Waals surface area (Å²) in [6, 6.07) is 0.142. The van der Waals surface area contributed by atoms with Crippen molar-refractivity contribution >= 4 is 23.6 Å². The largest absolute Gasteiger partial charge is 0.278 e. The Morgan fingerprint density at radius 2 is 1.79 bits per heavy atom. The van der Waals surface area contributed by atoms with Crippen LogP contribution in [-0.4, -0.2) is 34.3 Å². The van der Waals surface area contributed by atoms with Crippen LogP contribution in [0.5, 0.6) is 0 Å². The standard InChI is InChI=1S/C15H27NO2S/c1-4-6-8-10-12(9-7-5-2)16-14(17)11-13(19-3)15(16)18/h12-13H,4-11H2,1-3H3. The zero-order valence-corrected chi connectivity index (χ0v) is 13.3. The van der Waals surface area contributed by atoms with Gasteiger partial charge in [-0.3, -0.25) is 14.5 Å². The molecule has 2 unspecified atom stereocenters. The molecule has 1 aliphatic rings. The van der Waals surface area contributed by atoms with Crippen molar-refractivity contribution in [2.24, 2.45) is 0 Å². The molecule has 1 heterocycles. The summed E-state index contributed by atoms with van der Waals surface area (Å²) in [5.41, 5.74) is 0. The van der Waals surface area contributed by atoms with Gasteiger partial charge in [-0.2, -0.15) is 11.8 Å². The highest BCUT2D eigenvalue weighted by atomic mass is 32.2. The summed E-state index contributed by atoms with van der Waals surface area (Å²) in [6.07, 6.45) is 9.95. The number of hydrogen-bond donors (Lipinski definition) is 0. The first-order chi connectivity index (χ1) is 9.15. The quantitative estimate of drug-likeness (QED) is 0.479. The Morgan fingerprint density at radius 3 is 2.32 bits per heavy atom. The molecule has 0 radical (unpaired) electrons. The Hall–Kier alpha value is -0.510. The minimum absolute atomic E-state index is 0.0435. The smallest absolute Gasteiger partial charge is 0.243 e. The molecule has 0 aromatic rings. The second kappa shape index (κ2) is 8.62.